The Morgan fingerprint density at radius 2 is 2.27 bits per heavy atom. The van der Waals surface area contributed by atoms with Gasteiger partial charge in [0.25, 0.3) is 0 Å². The van der Waals surface area contributed by atoms with Crippen molar-refractivity contribution in [3.05, 3.63) is 36.0 Å². The zero-order valence-corrected chi connectivity index (χ0v) is 8.63. The fraction of sp³-hybridized carbons (Fsp3) is 0.300. The lowest BCUT2D eigenvalue weighted by molar-refractivity contribution is 0.327. The number of hydrogen-bond donors (Lipinski definition) is 3. The van der Waals surface area contributed by atoms with E-state index >= 15 is 0 Å². The van der Waals surface area contributed by atoms with E-state index in [0.717, 1.165) is 5.70 Å². The zero-order valence-electron chi connectivity index (χ0n) is 8.63. The molecule has 0 fully saturated rings. The minimum atomic E-state index is -0.370. The van der Waals surface area contributed by atoms with Crippen molar-refractivity contribution in [3.63, 3.8) is 0 Å². The number of halogens is 1. The van der Waals surface area contributed by atoms with Gasteiger partial charge in [-0.25, -0.2) is 4.39 Å². The lowest BCUT2D eigenvalue weighted by Gasteiger charge is -2.25. The van der Waals surface area contributed by atoms with Crippen LogP contribution in [-0.2, 0) is 0 Å². The van der Waals surface area contributed by atoms with E-state index in [1.165, 1.54) is 12.3 Å². The quantitative estimate of drug-likeness (QED) is 0.666. The number of nitrogens with zero attached hydrogens (tertiary/aromatic N) is 1. The Morgan fingerprint density at radius 3 is 2.80 bits per heavy atom. The second-order valence-corrected chi connectivity index (χ2v) is 3.56. The van der Waals surface area contributed by atoms with Gasteiger partial charge in [-0.1, -0.05) is 0 Å². The van der Waals surface area contributed by atoms with Gasteiger partial charge < -0.3 is 10.6 Å². The third-order valence-electron chi connectivity index (χ3n) is 2.39. The van der Waals surface area contributed by atoms with Gasteiger partial charge in [0.15, 0.2) is 5.79 Å². The highest BCUT2D eigenvalue weighted by molar-refractivity contribution is 5.63. The van der Waals surface area contributed by atoms with Crippen LogP contribution in [0.4, 0.5) is 4.39 Å². The summed E-state index contributed by atoms with van der Waals surface area (Å²) in [6.45, 7) is 1.96. The summed E-state index contributed by atoms with van der Waals surface area (Å²) in [7, 11) is 1.84. The molecular weight excluding hydrogens is 195 g/mol. The summed E-state index contributed by atoms with van der Waals surface area (Å²) in [4.78, 5) is 3.99. The summed E-state index contributed by atoms with van der Waals surface area (Å²) in [6.07, 6.45) is 3.02. The molecule has 4 nitrogen and oxygen atoms in total. The van der Waals surface area contributed by atoms with E-state index in [-0.39, 0.29) is 11.6 Å². The van der Waals surface area contributed by atoms with Gasteiger partial charge in [-0.3, -0.25) is 10.3 Å². The molecule has 1 unspecified atom stereocenters. The smallest absolute Gasteiger partial charge is 0.160 e. The number of rotatable bonds is 2. The van der Waals surface area contributed by atoms with E-state index in [1.54, 1.807) is 6.07 Å². The maximum absolute atomic E-state index is 12.7. The average molecular weight is 208 g/mol. The fourth-order valence-electron chi connectivity index (χ4n) is 1.37. The molecule has 0 aliphatic carbocycles. The van der Waals surface area contributed by atoms with Crippen molar-refractivity contribution in [2.45, 2.75) is 12.7 Å². The lowest BCUT2D eigenvalue weighted by Crippen LogP contribution is -2.56. The number of aromatic nitrogens is 1. The first-order chi connectivity index (χ1) is 7.13. The number of pyridine rings is 1. The molecule has 0 bridgehead atoms. The third-order valence-corrected chi connectivity index (χ3v) is 2.39. The van der Waals surface area contributed by atoms with Crippen molar-refractivity contribution in [2.75, 3.05) is 7.05 Å². The molecule has 80 valence electrons. The summed E-state index contributed by atoms with van der Waals surface area (Å²) in [5.74, 6) is -0.701. The van der Waals surface area contributed by atoms with Gasteiger partial charge in [0.2, 0.25) is 0 Å². The molecule has 3 N–H and O–H groups in total. The monoisotopic (exact) mass is 208 g/mol. The first-order valence-corrected chi connectivity index (χ1v) is 4.70. The average Bonchev–Trinajstić information content (AvgIpc) is 2.63. The molecule has 0 amide bonds. The predicted molar refractivity (Wildman–Crippen MR) is 55.9 cm³/mol. The second kappa shape index (κ2) is 3.51. The Balaban J connectivity index is 2.17. The highest BCUT2D eigenvalue weighted by Gasteiger charge is 2.26. The van der Waals surface area contributed by atoms with Crippen LogP contribution in [-0.4, -0.2) is 17.8 Å². The molecule has 2 heterocycles. The van der Waals surface area contributed by atoms with Crippen LogP contribution in [0.15, 0.2) is 24.5 Å². The molecule has 1 aromatic heterocycles. The van der Waals surface area contributed by atoms with Crippen LogP contribution >= 0.6 is 0 Å². The second-order valence-electron chi connectivity index (χ2n) is 3.56. The summed E-state index contributed by atoms with van der Waals surface area (Å²) < 4.78 is 12.7. The minimum Gasteiger partial charge on any atom is -0.355 e. The van der Waals surface area contributed by atoms with Gasteiger partial charge in [-0.05, 0) is 26.1 Å². The van der Waals surface area contributed by atoms with E-state index in [4.69, 9.17) is 0 Å². The summed E-state index contributed by atoms with van der Waals surface area (Å²) in [5, 5.41) is 9.41. The molecule has 0 aromatic carbocycles. The molecule has 1 aromatic rings. The Labute approximate surface area is 87.6 Å². The maximum Gasteiger partial charge on any atom is 0.160 e. The highest BCUT2D eigenvalue weighted by atomic mass is 19.1. The molecule has 1 aliphatic rings. The largest absolute Gasteiger partial charge is 0.355 e. The normalized spacial score (nSPS) is 24.3. The Morgan fingerprint density at radius 1 is 1.47 bits per heavy atom. The van der Waals surface area contributed by atoms with Crippen LogP contribution in [0.2, 0.25) is 0 Å². The van der Waals surface area contributed by atoms with Gasteiger partial charge in [0, 0.05) is 6.20 Å². The van der Waals surface area contributed by atoms with E-state index in [0.29, 0.717) is 5.69 Å². The van der Waals surface area contributed by atoms with Gasteiger partial charge in [0.05, 0.1) is 17.6 Å². The molecule has 0 radical (unpaired) electrons. The van der Waals surface area contributed by atoms with Crippen LogP contribution < -0.4 is 16.0 Å². The maximum atomic E-state index is 12.7. The number of nitrogens with one attached hydrogen (secondary N) is 3. The predicted octanol–water partition coefficient (Wildman–Crippen LogP) is 0.605. The summed E-state index contributed by atoms with van der Waals surface area (Å²) in [5.41, 5.74) is 1.55. The van der Waals surface area contributed by atoms with Crippen LogP contribution in [0, 0.1) is 5.82 Å². The molecule has 1 atom stereocenters. The van der Waals surface area contributed by atoms with Gasteiger partial charge in [-0.15, -0.1) is 0 Å². The minimum absolute atomic E-state index is 0.332. The van der Waals surface area contributed by atoms with Crippen LogP contribution in [0.25, 0.3) is 5.70 Å². The van der Waals surface area contributed by atoms with Crippen molar-refractivity contribution in [1.29, 1.82) is 0 Å². The zero-order chi connectivity index (χ0) is 10.9. The molecule has 0 saturated carbocycles. The SMILES string of the molecule is CNC1(C)NC=C(c2ccc(F)cn2)N1. The molecule has 0 spiro atoms. The third kappa shape index (κ3) is 1.92. The summed E-state index contributed by atoms with van der Waals surface area (Å²) >= 11 is 0. The van der Waals surface area contributed by atoms with Crippen LogP contribution in [0.1, 0.15) is 12.6 Å². The lowest BCUT2D eigenvalue weighted by atomic mass is 10.3. The van der Waals surface area contributed by atoms with E-state index < -0.39 is 0 Å². The van der Waals surface area contributed by atoms with Crippen molar-refractivity contribution in [1.82, 2.24) is 20.9 Å². The fourth-order valence-corrected chi connectivity index (χ4v) is 1.37. The van der Waals surface area contributed by atoms with E-state index in [9.17, 15) is 4.39 Å². The van der Waals surface area contributed by atoms with Crippen molar-refractivity contribution >= 4 is 5.70 Å². The van der Waals surface area contributed by atoms with E-state index in [2.05, 4.69) is 20.9 Å². The van der Waals surface area contributed by atoms with Crippen LogP contribution in [0.5, 0.6) is 0 Å². The molecule has 5 heteroatoms. The van der Waals surface area contributed by atoms with Crippen molar-refractivity contribution in [3.8, 4) is 0 Å². The molecule has 0 saturated heterocycles. The van der Waals surface area contributed by atoms with Gasteiger partial charge >= 0.3 is 0 Å². The van der Waals surface area contributed by atoms with Crippen molar-refractivity contribution < 1.29 is 4.39 Å². The molecule has 15 heavy (non-hydrogen) atoms. The highest BCUT2D eigenvalue weighted by Crippen LogP contribution is 2.15. The summed E-state index contributed by atoms with van der Waals surface area (Å²) in [6, 6.07) is 3.02. The molecular formula is C10H13FN4. The topological polar surface area (TPSA) is 49.0 Å². The first-order valence-electron chi connectivity index (χ1n) is 4.70. The molecule has 1 aliphatic heterocycles. The van der Waals surface area contributed by atoms with Gasteiger partial charge in [0.1, 0.15) is 5.82 Å². The van der Waals surface area contributed by atoms with Crippen LogP contribution in [0.3, 0.4) is 0 Å². The Kier molecular flexibility index (Phi) is 2.32. The number of hydrogen-bond acceptors (Lipinski definition) is 4. The van der Waals surface area contributed by atoms with Crippen molar-refractivity contribution in [2.24, 2.45) is 0 Å². The standard InChI is InChI=1S/C10H13FN4/c1-10(12-2)14-6-9(15-10)8-4-3-7(11)5-13-8/h3-6,12,14-15H,1-2H3. The molecule has 2 rings (SSSR count). The van der Waals surface area contributed by atoms with Gasteiger partial charge in [-0.2, -0.15) is 0 Å². The Hall–Kier alpha value is -1.62. The Bertz CT molecular complexity index is 387. The van der Waals surface area contributed by atoms with E-state index in [1.807, 2.05) is 20.2 Å². The first kappa shape index (κ1) is 9.92.